The van der Waals surface area contributed by atoms with Gasteiger partial charge in [-0.15, -0.1) is 0 Å². The number of hydrogen-bond donors (Lipinski definition) is 3. The average molecular weight is 479 g/mol. The SMILES string of the molecule is NC(=O)c1cncc(-c2ccc(OCCNCCC3=CCCCC3)cc2)c1.O=C(O)C(F)(F)F. The van der Waals surface area contributed by atoms with E-state index >= 15 is 0 Å². The Labute approximate surface area is 195 Å². The number of rotatable bonds is 9. The Morgan fingerprint density at radius 1 is 1.09 bits per heavy atom. The van der Waals surface area contributed by atoms with Gasteiger partial charge < -0.3 is 20.9 Å². The van der Waals surface area contributed by atoms with E-state index in [-0.39, 0.29) is 0 Å². The smallest absolute Gasteiger partial charge is 0.490 e. The van der Waals surface area contributed by atoms with Gasteiger partial charge in [-0.25, -0.2) is 4.79 Å². The minimum atomic E-state index is -5.08. The van der Waals surface area contributed by atoms with Crippen LogP contribution in [0.15, 0.2) is 54.4 Å². The van der Waals surface area contributed by atoms with Crippen molar-refractivity contribution >= 4 is 11.9 Å². The molecular weight excluding hydrogens is 451 g/mol. The number of ether oxygens (including phenoxy) is 1. The first kappa shape index (κ1) is 26.8. The first-order valence-corrected chi connectivity index (χ1v) is 10.8. The first-order chi connectivity index (χ1) is 16.2. The molecule has 0 spiro atoms. The van der Waals surface area contributed by atoms with Gasteiger partial charge in [0.1, 0.15) is 12.4 Å². The van der Waals surface area contributed by atoms with E-state index in [0.29, 0.717) is 12.2 Å². The molecule has 1 amide bonds. The Morgan fingerprint density at radius 3 is 2.38 bits per heavy atom. The van der Waals surface area contributed by atoms with E-state index in [1.165, 1.54) is 31.9 Å². The van der Waals surface area contributed by atoms with Gasteiger partial charge in [0.25, 0.3) is 0 Å². The summed E-state index contributed by atoms with van der Waals surface area (Å²) in [6, 6.07) is 9.52. The van der Waals surface area contributed by atoms with Crippen LogP contribution in [0.5, 0.6) is 5.75 Å². The van der Waals surface area contributed by atoms with E-state index in [2.05, 4.69) is 16.4 Å². The van der Waals surface area contributed by atoms with Crippen molar-refractivity contribution in [3.63, 3.8) is 0 Å². The number of carboxylic acids is 1. The summed E-state index contributed by atoms with van der Waals surface area (Å²) in [5, 5.41) is 10.6. The number of aliphatic carboxylic acids is 1. The topological polar surface area (TPSA) is 115 Å². The molecule has 0 saturated carbocycles. The molecule has 3 rings (SSSR count). The van der Waals surface area contributed by atoms with Crippen LogP contribution in [0.4, 0.5) is 13.2 Å². The lowest BCUT2D eigenvalue weighted by atomic mass is 9.97. The Hall–Kier alpha value is -3.40. The molecule has 7 nitrogen and oxygen atoms in total. The Kier molecular flexibility index (Phi) is 10.5. The van der Waals surface area contributed by atoms with Crippen molar-refractivity contribution in [2.24, 2.45) is 5.73 Å². The average Bonchev–Trinajstić information content (AvgIpc) is 2.82. The van der Waals surface area contributed by atoms with Gasteiger partial charge in [-0.1, -0.05) is 23.8 Å². The number of allylic oxidation sites excluding steroid dienone is 1. The van der Waals surface area contributed by atoms with Crippen LogP contribution in [0.1, 0.15) is 42.5 Å². The minimum Gasteiger partial charge on any atom is -0.492 e. The lowest BCUT2D eigenvalue weighted by molar-refractivity contribution is -0.192. The monoisotopic (exact) mass is 479 g/mol. The number of pyridine rings is 1. The van der Waals surface area contributed by atoms with Crippen molar-refractivity contribution < 1.29 is 32.6 Å². The number of nitrogens with two attached hydrogens (primary N) is 1. The standard InChI is InChI=1S/C22H27N3O2.C2HF3O2/c23-22(26)20-14-19(15-25-16-20)18-6-8-21(9-7-18)27-13-12-24-11-10-17-4-2-1-3-5-17;3-2(4,5)1(6)7/h4,6-9,14-16,24H,1-3,5,10-13H2,(H2,23,26);(H,6,7). The van der Waals surface area contributed by atoms with Crippen LogP contribution in [0, 0.1) is 0 Å². The number of carbonyl (C=O) groups excluding carboxylic acids is 1. The molecule has 2 aromatic rings. The third kappa shape index (κ3) is 9.62. The predicted molar refractivity (Wildman–Crippen MR) is 121 cm³/mol. The zero-order valence-corrected chi connectivity index (χ0v) is 18.6. The summed E-state index contributed by atoms with van der Waals surface area (Å²) in [5.41, 5.74) is 9.14. The van der Waals surface area contributed by atoms with Gasteiger partial charge in [-0.3, -0.25) is 9.78 Å². The van der Waals surface area contributed by atoms with Crippen LogP contribution in [-0.2, 0) is 4.79 Å². The number of carbonyl (C=O) groups is 2. The second kappa shape index (κ2) is 13.3. The van der Waals surface area contributed by atoms with Crippen LogP contribution < -0.4 is 15.8 Å². The molecule has 0 bridgehead atoms. The maximum atomic E-state index is 11.3. The number of carboxylic acid groups (broad SMARTS) is 1. The number of primary amides is 1. The molecule has 1 aliphatic rings. The molecule has 0 unspecified atom stereocenters. The van der Waals surface area contributed by atoms with Gasteiger partial charge in [-0.05, 0) is 62.4 Å². The van der Waals surface area contributed by atoms with Crippen LogP contribution in [0.3, 0.4) is 0 Å². The quantitative estimate of drug-likeness (QED) is 0.364. The lowest BCUT2D eigenvalue weighted by Crippen LogP contribution is -2.22. The van der Waals surface area contributed by atoms with Gasteiger partial charge in [-0.2, -0.15) is 13.2 Å². The van der Waals surface area contributed by atoms with Crippen molar-refractivity contribution in [2.75, 3.05) is 19.7 Å². The molecular formula is C24H28F3N3O4. The number of amides is 1. The van der Waals surface area contributed by atoms with Crippen LogP contribution in [0.25, 0.3) is 11.1 Å². The highest BCUT2D eigenvalue weighted by Gasteiger charge is 2.38. The molecule has 1 aliphatic carbocycles. The highest BCUT2D eigenvalue weighted by atomic mass is 19.4. The lowest BCUT2D eigenvalue weighted by Gasteiger charge is -2.13. The van der Waals surface area contributed by atoms with E-state index in [1.807, 2.05) is 24.3 Å². The highest BCUT2D eigenvalue weighted by molar-refractivity contribution is 5.93. The molecule has 0 fully saturated rings. The molecule has 0 aliphatic heterocycles. The van der Waals surface area contributed by atoms with E-state index < -0.39 is 18.1 Å². The van der Waals surface area contributed by atoms with Crippen molar-refractivity contribution in [3.8, 4) is 16.9 Å². The molecule has 10 heteroatoms. The number of halogens is 3. The third-order valence-electron chi connectivity index (χ3n) is 5.01. The van der Waals surface area contributed by atoms with Gasteiger partial charge in [0.15, 0.2) is 0 Å². The molecule has 1 aromatic carbocycles. The largest absolute Gasteiger partial charge is 0.492 e. The van der Waals surface area contributed by atoms with Gasteiger partial charge in [0.05, 0.1) is 5.56 Å². The Balaban J connectivity index is 0.000000509. The Morgan fingerprint density at radius 2 is 1.79 bits per heavy atom. The van der Waals surface area contributed by atoms with Gasteiger partial charge in [0, 0.05) is 24.5 Å². The maximum Gasteiger partial charge on any atom is 0.490 e. The summed E-state index contributed by atoms with van der Waals surface area (Å²) in [6.45, 7) is 2.48. The first-order valence-electron chi connectivity index (χ1n) is 10.8. The fourth-order valence-electron chi connectivity index (χ4n) is 3.22. The molecule has 0 saturated heterocycles. The molecule has 0 atom stereocenters. The molecule has 1 aromatic heterocycles. The predicted octanol–water partition coefficient (Wildman–Crippen LogP) is 4.34. The second-order valence-corrected chi connectivity index (χ2v) is 7.61. The van der Waals surface area contributed by atoms with E-state index in [9.17, 15) is 18.0 Å². The number of nitrogens with zero attached hydrogens (tertiary/aromatic N) is 1. The minimum absolute atomic E-state index is 0.405. The zero-order chi connectivity index (χ0) is 25.0. The normalized spacial score (nSPS) is 13.3. The summed E-state index contributed by atoms with van der Waals surface area (Å²) in [6.07, 6.45) is 6.85. The number of aromatic nitrogens is 1. The number of benzene rings is 1. The molecule has 184 valence electrons. The maximum absolute atomic E-state index is 11.3. The summed E-state index contributed by atoms with van der Waals surface area (Å²) >= 11 is 0. The number of alkyl halides is 3. The van der Waals surface area contributed by atoms with Crippen LogP contribution in [-0.4, -0.2) is 47.8 Å². The van der Waals surface area contributed by atoms with Crippen LogP contribution >= 0.6 is 0 Å². The fraction of sp³-hybridized carbons (Fsp3) is 0.375. The third-order valence-corrected chi connectivity index (χ3v) is 5.01. The van der Waals surface area contributed by atoms with Crippen LogP contribution in [0.2, 0.25) is 0 Å². The molecule has 1 heterocycles. The Bertz CT molecular complexity index is 976. The van der Waals surface area contributed by atoms with E-state index in [4.69, 9.17) is 20.4 Å². The molecule has 34 heavy (non-hydrogen) atoms. The van der Waals surface area contributed by atoms with E-state index in [1.54, 1.807) is 17.8 Å². The van der Waals surface area contributed by atoms with Crippen molar-refractivity contribution in [3.05, 3.63) is 59.9 Å². The summed E-state index contributed by atoms with van der Waals surface area (Å²) in [5.74, 6) is -2.40. The summed E-state index contributed by atoms with van der Waals surface area (Å²) in [7, 11) is 0. The fourth-order valence-corrected chi connectivity index (χ4v) is 3.22. The number of nitrogens with one attached hydrogen (secondary N) is 1. The van der Waals surface area contributed by atoms with Crippen molar-refractivity contribution in [1.29, 1.82) is 0 Å². The summed E-state index contributed by atoms with van der Waals surface area (Å²) in [4.78, 5) is 24.2. The highest BCUT2D eigenvalue weighted by Crippen LogP contribution is 2.23. The van der Waals surface area contributed by atoms with Gasteiger partial charge in [0.2, 0.25) is 5.91 Å². The zero-order valence-electron chi connectivity index (χ0n) is 18.6. The van der Waals surface area contributed by atoms with Gasteiger partial charge >= 0.3 is 12.1 Å². The molecule has 4 N–H and O–H groups in total. The second-order valence-electron chi connectivity index (χ2n) is 7.61. The molecule has 0 radical (unpaired) electrons. The number of hydrogen-bond acceptors (Lipinski definition) is 5. The summed E-state index contributed by atoms with van der Waals surface area (Å²) < 4.78 is 37.5. The van der Waals surface area contributed by atoms with Crippen molar-refractivity contribution in [1.82, 2.24) is 10.3 Å². The van der Waals surface area contributed by atoms with E-state index in [0.717, 1.165) is 36.4 Å². The van der Waals surface area contributed by atoms with Crippen molar-refractivity contribution in [2.45, 2.75) is 38.3 Å².